The number of rotatable bonds is 11. The lowest BCUT2D eigenvalue weighted by molar-refractivity contribution is 0.467. The molecule has 1 aliphatic carbocycles. The molecule has 2 unspecified atom stereocenters. The first kappa shape index (κ1) is 17.5. The molecule has 0 radical (unpaired) electrons. The normalized spacial score (nSPS) is 19.7. The van der Waals surface area contributed by atoms with E-state index >= 15 is 0 Å². The van der Waals surface area contributed by atoms with E-state index < -0.39 is 0 Å². The smallest absolute Gasteiger partial charge is 0.0214 e. The molecule has 1 heteroatoms. The quantitative estimate of drug-likeness (QED) is 0.288. The fourth-order valence-corrected chi connectivity index (χ4v) is 6.11. The Kier molecular flexibility index (Phi) is 10.2. The minimum Gasteiger partial charge on any atom is -0.107 e. The zero-order valence-corrected chi connectivity index (χ0v) is 14.7. The maximum absolute atomic E-state index is 2.55. The highest BCUT2D eigenvalue weighted by Crippen LogP contribution is 2.42. The Hall–Kier alpha value is 0.430. The van der Waals surface area contributed by atoms with Gasteiger partial charge in [-0.05, 0) is 43.7 Å². The monoisotopic (exact) mass is 284 g/mol. The molecular weight excluding hydrogens is 247 g/mol. The Bertz CT molecular complexity index is 196. The van der Waals surface area contributed by atoms with Crippen molar-refractivity contribution in [1.29, 1.82) is 0 Å². The van der Waals surface area contributed by atoms with Crippen LogP contribution in [0.4, 0.5) is 0 Å². The molecule has 0 aromatic rings. The van der Waals surface area contributed by atoms with Gasteiger partial charge in [0, 0.05) is 0 Å². The Labute approximate surface area is 123 Å². The van der Waals surface area contributed by atoms with Crippen molar-refractivity contribution >= 4 is 7.92 Å². The van der Waals surface area contributed by atoms with E-state index in [1.54, 1.807) is 0 Å². The fourth-order valence-electron chi connectivity index (χ4n) is 3.70. The summed E-state index contributed by atoms with van der Waals surface area (Å²) in [5.74, 6) is 1.11. The molecule has 2 atom stereocenters. The molecule has 0 heterocycles. The average molecular weight is 284 g/mol. The van der Waals surface area contributed by atoms with Crippen LogP contribution in [0.1, 0.15) is 90.9 Å². The predicted octanol–water partition coefficient (Wildman–Crippen LogP) is 6.82. The van der Waals surface area contributed by atoms with Crippen molar-refractivity contribution in [2.75, 3.05) is 12.8 Å². The van der Waals surface area contributed by atoms with Crippen LogP contribution in [0.2, 0.25) is 0 Å². The second kappa shape index (κ2) is 11.1. The van der Waals surface area contributed by atoms with E-state index in [0.717, 1.165) is 11.6 Å². The van der Waals surface area contributed by atoms with Gasteiger partial charge in [-0.3, -0.25) is 0 Å². The van der Waals surface area contributed by atoms with E-state index in [2.05, 4.69) is 20.5 Å². The highest BCUT2D eigenvalue weighted by atomic mass is 31.1. The predicted molar refractivity (Wildman–Crippen MR) is 91.7 cm³/mol. The summed E-state index contributed by atoms with van der Waals surface area (Å²) in [6.07, 6.45) is 19.5. The minimum atomic E-state index is 0.321. The third-order valence-electron chi connectivity index (χ3n) is 5.06. The van der Waals surface area contributed by atoms with Crippen LogP contribution >= 0.6 is 7.92 Å². The Morgan fingerprint density at radius 1 is 1.00 bits per heavy atom. The van der Waals surface area contributed by atoms with Gasteiger partial charge in [-0.15, -0.1) is 7.92 Å². The molecule has 0 amide bonds. The zero-order chi connectivity index (χ0) is 13.9. The lowest BCUT2D eigenvalue weighted by Gasteiger charge is -2.22. The van der Waals surface area contributed by atoms with Crippen molar-refractivity contribution in [1.82, 2.24) is 0 Å². The molecule has 0 aromatic carbocycles. The van der Waals surface area contributed by atoms with Crippen LogP contribution in [-0.4, -0.2) is 18.5 Å². The van der Waals surface area contributed by atoms with Gasteiger partial charge in [0.05, 0.1) is 0 Å². The van der Waals surface area contributed by atoms with E-state index in [1.807, 2.05) is 0 Å². The first-order chi connectivity index (χ1) is 9.27. The van der Waals surface area contributed by atoms with E-state index in [-0.39, 0.29) is 0 Å². The van der Waals surface area contributed by atoms with Crippen molar-refractivity contribution < 1.29 is 0 Å². The van der Waals surface area contributed by atoms with Crippen molar-refractivity contribution in [2.24, 2.45) is 5.92 Å². The van der Waals surface area contributed by atoms with Crippen LogP contribution in [-0.2, 0) is 0 Å². The fraction of sp³-hybridized carbons (Fsp3) is 1.00. The van der Waals surface area contributed by atoms with Gasteiger partial charge in [-0.2, -0.15) is 0 Å². The highest BCUT2D eigenvalue weighted by molar-refractivity contribution is 7.57. The molecule has 0 aromatic heterocycles. The number of unbranched alkanes of at least 4 members (excludes halogenated alkanes) is 3. The van der Waals surface area contributed by atoms with Crippen LogP contribution in [0, 0.1) is 5.92 Å². The maximum Gasteiger partial charge on any atom is -0.0214 e. The molecule has 1 rings (SSSR count). The first-order valence-corrected chi connectivity index (χ1v) is 11.0. The lowest BCUT2D eigenvalue weighted by Crippen LogP contribution is -2.05. The van der Waals surface area contributed by atoms with Gasteiger partial charge in [0.25, 0.3) is 0 Å². The summed E-state index contributed by atoms with van der Waals surface area (Å²) in [6.45, 7) is 7.29. The molecule has 19 heavy (non-hydrogen) atoms. The summed E-state index contributed by atoms with van der Waals surface area (Å²) in [6, 6.07) is 0. The van der Waals surface area contributed by atoms with Gasteiger partial charge >= 0.3 is 0 Å². The van der Waals surface area contributed by atoms with Gasteiger partial charge in [-0.1, -0.05) is 71.6 Å². The number of hydrogen-bond donors (Lipinski definition) is 0. The largest absolute Gasteiger partial charge is 0.107 e. The van der Waals surface area contributed by atoms with Crippen molar-refractivity contribution in [3.8, 4) is 0 Å². The van der Waals surface area contributed by atoms with Crippen LogP contribution in [0.3, 0.4) is 0 Å². The van der Waals surface area contributed by atoms with E-state index in [0.29, 0.717) is 7.92 Å². The van der Waals surface area contributed by atoms with Gasteiger partial charge in [0.2, 0.25) is 0 Å². The third kappa shape index (κ3) is 7.69. The second-order valence-electron chi connectivity index (χ2n) is 6.68. The number of hydrogen-bond acceptors (Lipinski definition) is 0. The van der Waals surface area contributed by atoms with Gasteiger partial charge in [0.1, 0.15) is 0 Å². The lowest BCUT2D eigenvalue weighted by atomic mass is 10.00. The molecule has 0 nitrogen and oxygen atoms in total. The van der Waals surface area contributed by atoms with Crippen LogP contribution in [0.15, 0.2) is 0 Å². The highest BCUT2D eigenvalue weighted by Gasteiger charge is 2.15. The molecule has 0 aliphatic heterocycles. The Morgan fingerprint density at radius 3 is 2.32 bits per heavy atom. The van der Waals surface area contributed by atoms with Crippen LogP contribution in [0.5, 0.6) is 0 Å². The molecule has 1 saturated carbocycles. The molecule has 0 spiro atoms. The summed E-state index contributed by atoms with van der Waals surface area (Å²) >= 11 is 0. The van der Waals surface area contributed by atoms with Crippen LogP contribution in [0.25, 0.3) is 0 Å². The summed E-state index contributed by atoms with van der Waals surface area (Å²) < 4.78 is 0. The zero-order valence-electron chi connectivity index (χ0n) is 13.8. The maximum atomic E-state index is 2.55. The van der Waals surface area contributed by atoms with Gasteiger partial charge in [-0.25, -0.2) is 0 Å². The van der Waals surface area contributed by atoms with Crippen molar-refractivity contribution in [3.63, 3.8) is 0 Å². The Balaban J connectivity index is 1.94. The van der Waals surface area contributed by atoms with Crippen molar-refractivity contribution in [3.05, 3.63) is 0 Å². The standard InChI is InChI=1S/C18H37P/c1-4-12-18(5-2)19(3)16-11-7-6-8-13-17-14-9-10-15-17/h17-18H,4-16H2,1-3H3. The van der Waals surface area contributed by atoms with E-state index in [1.165, 1.54) is 83.2 Å². The molecule has 1 aliphatic rings. The van der Waals surface area contributed by atoms with E-state index in [9.17, 15) is 0 Å². The molecule has 0 saturated heterocycles. The SMILES string of the molecule is CCCC(CC)P(C)CCCCCCC1CCCC1. The second-order valence-corrected chi connectivity index (χ2v) is 9.38. The Morgan fingerprint density at radius 2 is 1.68 bits per heavy atom. The molecule has 0 N–H and O–H groups in total. The third-order valence-corrected chi connectivity index (χ3v) is 7.96. The van der Waals surface area contributed by atoms with Gasteiger partial charge < -0.3 is 0 Å². The average Bonchev–Trinajstić information content (AvgIpc) is 2.92. The minimum absolute atomic E-state index is 0.321. The summed E-state index contributed by atoms with van der Waals surface area (Å²) in [4.78, 5) is 0. The summed E-state index contributed by atoms with van der Waals surface area (Å²) in [7, 11) is 0.321. The van der Waals surface area contributed by atoms with E-state index in [4.69, 9.17) is 0 Å². The molecule has 1 fully saturated rings. The summed E-state index contributed by atoms with van der Waals surface area (Å²) in [5, 5.41) is 0. The van der Waals surface area contributed by atoms with Gasteiger partial charge in [0.15, 0.2) is 0 Å². The molecule has 0 bridgehead atoms. The van der Waals surface area contributed by atoms with Crippen LogP contribution < -0.4 is 0 Å². The molecule has 114 valence electrons. The topological polar surface area (TPSA) is 0 Å². The summed E-state index contributed by atoms with van der Waals surface area (Å²) in [5.41, 5.74) is 1.05. The molecular formula is C18H37P. The van der Waals surface area contributed by atoms with Crippen molar-refractivity contribution in [2.45, 2.75) is 96.6 Å². The first-order valence-electron chi connectivity index (χ1n) is 8.98.